The number of carbonyl (C=O) groups is 1. The summed E-state index contributed by atoms with van der Waals surface area (Å²) in [5.41, 5.74) is 0.211. The standard InChI is InChI=1S/C15H20ClFN2O3/c1-18(9-12(20)10-19-4-6-22-7-5-19)15(21)11-2-3-13(16)14(17)8-11/h2-3,8,12,20H,4-7,9-10H2,1H3. The molecule has 1 aromatic rings. The zero-order chi connectivity index (χ0) is 16.1. The van der Waals surface area contributed by atoms with Crippen molar-refractivity contribution in [2.75, 3.05) is 46.4 Å². The van der Waals surface area contributed by atoms with E-state index >= 15 is 0 Å². The highest BCUT2D eigenvalue weighted by molar-refractivity contribution is 6.30. The maximum absolute atomic E-state index is 13.4. The van der Waals surface area contributed by atoms with Crippen molar-refractivity contribution in [3.8, 4) is 0 Å². The van der Waals surface area contributed by atoms with Crippen LogP contribution in [0.2, 0.25) is 5.02 Å². The van der Waals surface area contributed by atoms with Gasteiger partial charge in [-0.25, -0.2) is 4.39 Å². The fraction of sp³-hybridized carbons (Fsp3) is 0.533. The number of carbonyl (C=O) groups excluding carboxylic acids is 1. The molecule has 0 aromatic heterocycles. The maximum Gasteiger partial charge on any atom is 0.253 e. The van der Waals surface area contributed by atoms with Crippen LogP contribution in [0.1, 0.15) is 10.4 Å². The Labute approximate surface area is 134 Å². The van der Waals surface area contributed by atoms with Crippen LogP contribution in [0.4, 0.5) is 4.39 Å². The van der Waals surface area contributed by atoms with Crippen molar-refractivity contribution in [2.24, 2.45) is 0 Å². The summed E-state index contributed by atoms with van der Waals surface area (Å²) in [6.45, 7) is 3.53. The third-order valence-corrected chi connectivity index (χ3v) is 3.88. The van der Waals surface area contributed by atoms with E-state index in [0.29, 0.717) is 19.8 Å². The number of halogens is 2. The highest BCUT2D eigenvalue weighted by atomic mass is 35.5. The van der Waals surface area contributed by atoms with Gasteiger partial charge in [0.15, 0.2) is 0 Å². The minimum Gasteiger partial charge on any atom is -0.390 e. The Balaban J connectivity index is 1.88. The molecule has 1 aliphatic rings. The minimum atomic E-state index is -0.663. The number of amides is 1. The molecule has 1 amide bonds. The second-order valence-corrected chi connectivity index (χ2v) is 5.79. The van der Waals surface area contributed by atoms with Crippen molar-refractivity contribution >= 4 is 17.5 Å². The van der Waals surface area contributed by atoms with Gasteiger partial charge in [0, 0.05) is 38.8 Å². The van der Waals surface area contributed by atoms with Crippen LogP contribution in [0.15, 0.2) is 18.2 Å². The first-order chi connectivity index (χ1) is 10.5. The van der Waals surface area contributed by atoms with Crippen molar-refractivity contribution in [2.45, 2.75) is 6.10 Å². The highest BCUT2D eigenvalue weighted by Gasteiger charge is 2.19. The summed E-state index contributed by atoms with van der Waals surface area (Å²) in [6.07, 6.45) is -0.663. The Hall–Kier alpha value is -1.21. The molecule has 0 aliphatic carbocycles. The minimum absolute atomic E-state index is 0.0217. The van der Waals surface area contributed by atoms with Gasteiger partial charge in [-0.3, -0.25) is 9.69 Å². The lowest BCUT2D eigenvalue weighted by Gasteiger charge is -2.30. The Kier molecular flexibility index (Phi) is 6.14. The second kappa shape index (κ2) is 7.87. The van der Waals surface area contributed by atoms with Crippen molar-refractivity contribution in [1.82, 2.24) is 9.80 Å². The van der Waals surface area contributed by atoms with Gasteiger partial charge in [0.2, 0.25) is 0 Å². The van der Waals surface area contributed by atoms with Crippen LogP contribution in [-0.2, 0) is 4.74 Å². The monoisotopic (exact) mass is 330 g/mol. The van der Waals surface area contributed by atoms with E-state index in [0.717, 1.165) is 19.2 Å². The molecule has 0 bridgehead atoms. The molecule has 1 aromatic carbocycles. The molecule has 2 rings (SSSR count). The molecule has 1 atom stereocenters. The SMILES string of the molecule is CN(CC(O)CN1CCOCC1)C(=O)c1ccc(Cl)c(F)c1. The summed E-state index contributed by atoms with van der Waals surface area (Å²) >= 11 is 5.60. The van der Waals surface area contributed by atoms with Crippen molar-refractivity contribution in [3.05, 3.63) is 34.6 Å². The van der Waals surface area contributed by atoms with Crippen LogP contribution in [-0.4, -0.2) is 73.4 Å². The van der Waals surface area contributed by atoms with Crippen LogP contribution in [0, 0.1) is 5.82 Å². The molecule has 0 saturated carbocycles. The number of likely N-dealkylation sites (N-methyl/N-ethyl adjacent to an activating group) is 1. The Morgan fingerprint density at radius 2 is 2.18 bits per heavy atom. The Morgan fingerprint density at radius 3 is 2.82 bits per heavy atom. The first-order valence-corrected chi connectivity index (χ1v) is 7.54. The predicted octanol–water partition coefficient (Wildman–Crippen LogP) is 1.24. The molecular weight excluding hydrogens is 311 g/mol. The molecular formula is C15H20ClFN2O3. The summed E-state index contributed by atoms with van der Waals surface area (Å²) in [5.74, 6) is -0.980. The summed E-state index contributed by atoms with van der Waals surface area (Å²) in [5, 5.41) is 10.1. The lowest BCUT2D eigenvalue weighted by Crippen LogP contribution is -2.45. The van der Waals surface area contributed by atoms with E-state index in [1.54, 1.807) is 7.05 Å². The molecule has 0 radical (unpaired) electrons. The van der Waals surface area contributed by atoms with E-state index in [9.17, 15) is 14.3 Å². The van der Waals surface area contributed by atoms with Gasteiger partial charge in [0.1, 0.15) is 5.82 Å². The molecule has 0 spiro atoms. The molecule has 1 fully saturated rings. The van der Waals surface area contributed by atoms with Gasteiger partial charge in [-0.2, -0.15) is 0 Å². The third-order valence-electron chi connectivity index (χ3n) is 3.57. The largest absolute Gasteiger partial charge is 0.390 e. The first kappa shape index (κ1) is 17.1. The molecule has 22 heavy (non-hydrogen) atoms. The fourth-order valence-corrected chi connectivity index (χ4v) is 2.51. The second-order valence-electron chi connectivity index (χ2n) is 5.38. The number of hydrogen-bond acceptors (Lipinski definition) is 4. The third kappa shape index (κ3) is 4.64. The predicted molar refractivity (Wildman–Crippen MR) is 81.6 cm³/mol. The number of benzene rings is 1. The zero-order valence-corrected chi connectivity index (χ0v) is 13.2. The van der Waals surface area contributed by atoms with E-state index in [1.807, 2.05) is 0 Å². The van der Waals surface area contributed by atoms with E-state index in [-0.39, 0.29) is 23.0 Å². The van der Waals surface area contributed by atoms with Crippen LogP contribution >= 0.6 is 11.6 Å². The lowest BCUT2D eigenvalue weighted by molar-refractivity contribution is 0.00878. The summed E-state index contributed by atoms with van der Waals surface area (Å²) in [7, 11) is 1.58. The number of β-amino-alcohol motifs (C(OH)–C–C–N with tert-alkyl or cyclic N) is 1. The molecule has 1 saturated heterocycles. The van der Waals surface area contributed by atoms with E-state index < -0.39 is 11.9 Å². The van der Waals surface area contributed by atoms with Crippen LogP contribution < -0.4 is 0 Å². The number of hydrogen-bond donors (Lipinski definition) is 1. The average Bonchev–Trinajstić information content (AvgIpc) is 2.50. The molecule has 7 heteroatoms. The Morgan fingerprint density at radius 1 is 1.50 bits per heavy atom. The Bertz CT molecular complexity index is 524. The molecule has 1 unspecified atom stereocenters. The van der Waals surface area contributed by atoms with Gasteiger partial charge in [0.25, 0.3) is 5.91 Å². The van der Waals surface area contributed by atoms with Crippen LogP contribution in [0.3, 0.4) is 0 Å². The van der Waals surface area contributed by atoms with Gasteiger partial charge in [-0.1, -0.05) is 11.6 Å². The number of ether oxygens (including phenoxy) is 1. The van der Waals surface area contributed by atoms with Gasteiger partial charge in [-0.05, 0) is 18.2 Å². The summed E-state index contributed by atoms with van der Waals surface area (Å²) in [4.78, 5) is 15.7. The number of nitrogens with zero attached hydrogens (tertiary/aromatic N) is 2. The molecule has 1 heterocycles. The van der Waals surface area contributed by atoms with Crippen LogP contribution in [0.5, 0.6) is 0 Å². The molecule has 5 nitrogen and oxygen atoms in total. The van der Waals surface area contributed by atoms with E-state index in [4.69, 9.17) is 16.3 Å². The van der Waals surface area contributed by atoms with Gasteiger partial charge >= 0.3 is 0 Å². The van der Waals surface area contributed by atoms with Gasteiger partial charge in [-0.15, -0.1) is 0 Å². The molecule has 1 aliphatic heterocycles. The van der Waals surface area contributed by atoms with Gasteiger partial charge < -0.3 is 14.7 Å². The zero-order valence-electron chi connectivity index (χ0n) is 12.5. The smallest absolute Gasteiger partial charge is 0.253 e. The van der Waals surface area contributed by atoms with Gasteiger partial charge in [0.05, 0.1) is 24.3 Å². The van der Waals surface area contributed by atoms with E-state index in [1.165, 1.54) is 17.0 Å². The highest BCUT2D eigenvalue weighted by Crippen LogP contribution is 2.16. The topological polar surface area (TPSA) is 53.0 Å². The average molecular weight is 331 g/mol. The number of rotatable bonds is 5. The normalized spacial score (nSPS) is 17.3. The number of aliphatic hydroxyl groups excluding tert-OH is 1. The molecule has 1 N–H and O–H groups in total. The fourth-order valence-electron chi connectivity index (χ4n) is 2.39. The first-order valence-electron chi connectivity index (χ1n) is 7.16. The number of aliphatic hydroxyl groups is 1. The van der Waals surface area contributed by atoms with Crippen molar-refractivity contribution in [3.63, 3.8) is 0 Å². The number of morpholine rings is 1. The lowest BCUT2D eigenvalue weighted by atomic mass is 10.2. The van der Waals surface area contributed by atoms with Crippen molar-refractivity contribution in [1.29, 1.82) is 0 Å². The van der Waals surface area contributed by atoms with Crippen LogP contribution in [0.25, 0.3) is 0 Å². The quantitative estimate of drug-likeness (QED) is 0.882. The summed E-state index contributed by atoms with van der Waals surface area (Å²) < 4.78 is 18.6. The van der Waals surface area contributed by atoms with Crippen molar-refractivity contribution < 1.29 is 19.0 Å². The van der Waals surface area contributed by atoms with E-state index in [2.05, 4.69) is 4.90 Å². The summed E-state index contributed by atoms with van der Waals surface area (Å²) in [6, 6.07) is 3.93. The maximum atomic E-state index is 13.4. The molecule has 122 valence electrons.